The molecule has 1 rings (SSSR count). The maximum absolute atomic E-state index is 12.0. The van der Waals surface area contributed by atoms with Crippen LogP contribution in [0, 0.1) is 0 Å². The van der Waals surface area contributed by atoms with Crippen molar-refractivity contribution in [2.24, 2.45) is 5.73 Å². The van der Waals surface area contributed by atoms with Crippen LogP contribution in [0.25, 0.3) is 0 Å². The third kappa shape index (κ3) is 5.31. The van der Waals surface area contributed by atoms with E-state index < -0.39 is 0 Å². The molecule has 0 aliphatic heterocycles. The number of amides is 1. The molecule has 4 nitrogen and oxygen atoms in total. The van der Waals surface area contributed by atoms with Gasteiger partial charge in [0.05, 0.1) is 0 Å². The van der Waals surface area contributed by atoms with Crippen molar-refractivity contribution in [3.63, 3.8) is 0 Å². The van der Waals surface area contributed by atoms with E-state index in [4.69, 9.17) is 10.8 Å². The summed E-state index contributed by atoms with van der Waals surface area (Å²) in [5.74, 6) is -0.00539. The normalized spacial score (nSPS) is 15.4. The van der Waals surface area contributed by atoms with E-state index in [2.05, 4.69) is 5.32 Å². The van der Waals surface area contributed by atoms with E-state index in [0.29, 0.717) is 19.3 Å². The highest BCUT2D eigenvalue weighted by Gasteiger charge is 2.23. The van der Waals surface area contributed by atoms with Crippen molar-refractivity contribution >= 4 is 5.91 Å². The zero-order valence-corrected chi connectivity index (χ0v) is 12.4. The Morgan fingerprint density at radius 3 is 2.60 bits per heavy atom. The fourth-order valence-electron chi connectivity index (χ4n) is 2.13. The summed E-state index contributed by atoms with van der Waals surface area (Å²) >= 11 is 0. The summed E-state index contributed by atoms with van der Waals surface area (Å²) < 4.78 is 0. The minimum atomic E-state index is -0.331. The quantitative estimate of drug-likeness (QED) is 0.682. The highest BCUT2D eigenvalue weighted by Crippen LogP contribution is 2.17. The molecule has 0 fully saturated rings. The molecule has 20 heavy (non-hydrogen) atoms. The molecule has 1 aromatic rings. The molecule has 0 radical (unpaired) electrons. The van der Waals surface area contributed by atoms with Crippen LogP contribution in [0.3, 0.4) is 0 Å². The SMILES string of the molecule is CCC(C)(CCO)NC(=O)CCC(N)c1ccccc1. The van der Waals surface area contributed by atoms with Crippen molar-refractivity contribution in [3.05, 3.63) is 35.9 Å². The monoisotopic (exact) mass is 278 g/mol. The van der Waals surface area contributed by atoms with E-state index in [0.717, 1.165) is 12.0 Å². The first-order valence-electron chi connectivity index (χ1n) is 7.23. The number of nitrogens with one attached hydrogen (secondary N) is 1. The summed E-state index contributed by atoms with van der Waals surface area (Å²) in [6.07, 6.45) is 2.38. The molecule has 112 valence electrons. The van der Waals surface area contributed by atoms with Gasteiger partial charge in [0.1, 0.15) is 0 Å². The Hall–Kier alpha value is -1.39. The van der Waals surface area contributed by atoms with Crippen molar-refractivity contribution in [3.8, 4) is 0 Å². The van der Waals surface area contributed by atoms with Crippen LogP contribution in [0.2, 0.25) is 0 Å². The number of nitrogens with two attached hydrogens (primary N) is 1. The first-order valence-corrected chi connectivity index (χ1v) is 7.23. The number of carbonyl (C=O) groups is 1. The highest BCUT2D eigenvalue weighted by molar-refractivity contribution is 5.76. The molecule has 1 amide bonds. The molecule has 0 saturated heterocycles. The van der Waals surface area contributed by atoms with Crippen LogP contribution in [0.1, 0.15) is 51.1 Å². The molecule has 2 unspecified atom stereocenters. The Labute approximate surface area is 121 Å². The van der Waals surface area contributed by atoms with Gasteiger partial charge < -0.3 is 16.2 Å². The average Bonchev–Trinajstić information content (AvgIpc) is 2.46. The summed E-state index contributed by atoms with van der Waals surface area (Å²) in [7, 11) is 0. The molecule has 0 spiro atoms. The number of aliphatic hydroxyl groups excluding tert-OH is 1. The van der Waals surface area contributed by atoms with E-state index in [9.17, 15) is 4.79 Å². The Morgan fingerprint density at radius 2 is 2.05 bits per heavy atom. The zero-order valence-electron chi connectivity index (χ0n) is 12.4. The summed E-state index contributed by atoms with van der Waals surface area (Å²) in [6.45, 7) is 4.04. The van der Waals surface area contributed by atoms with E-state index in [1.807, 2.05) is 44.2 Å². The van der Waals surface area contributed by atoms with E-state index in [-0.39, 0.29) is 24.1 Å². The van der Waals surface area contributed by atoms with Gasteiger partial charge >= 0.3 is 0 Å². The van der Waals surface area contributed by atoms with Gasteiger partial charge in [0, 0.05) is 24.6 Å². The lowest BCUT2D eigenvalue weighted by Gasteiger charge is -2.29. The average molecular weight is 278 g/mol. The molecular weight excluding hydrogens is 252 g/mol. The Kier molecular flexibility index (Phi) is 6.68. The molecule has 0 aliphatic carbocycles. The van der Waals surface area contributed by atoms with Gasteiger partial charge in [-0.05, 0) is 31.7 Å². The van der Waals surface area contributed by atoms with Crippen molar-refractivity contribution in [2.45, 2.75) is 51.1 Å². The first-order chi connectivity index (χ1) is 9.50. The second-order valence-electron chi connectivity index (χ2n) is 5.49. The number of aliphatic hydroxyl groups is 1. The minimum Gasteiger partial charge on any atom is -0.396 e. The van der Waals surface area contributed by atoms with Crippen LogP contribution in [-0.2, 0) is 4.79 Å². The summed E-state index contributed by atoms with van der Waals surface area (Å²) in [6, 6.07) is 9.68. The summed E-state index contributed by atoms with van der Waals surface area (Å²) in [4.78, 5) is 12.0. The third-order valence-corrected chi connectivity index (χ3v) is 3.80. The number of benzene rings is 1. The Morgan fingerprint density at radius 1 is 1.40 bits per heavy atom. The van der Waals surface area contributed by atoms with Crippen LogP contribution < -0.4 is 11.1 Å². The Balaban J connectivity index is 2.43. The van der Waals surface area contributed by atoms with Gasteiger partial charge in [-0.25, -0.2) is 0 Å². The molecule has 0 aromatic heterocycles. The summed E-state index contributed by atoms with van der Waals surface area (Å²) in [5.41, 5.74) is 6.80. The van der Waals surface area contributed by atoms with E-state index in [1.165, 1.54) is 0 Å². The standard InChI is InChI=1S/C16H26N2O2/c1-3-16(2,11-12-19)18-15(20)10-9-14(17)13-7-5-4-6-8-13/h4-8,14,19H,3,9-12,17H2,1-2H3,(H,18,20). The van der Waals surface area contributed by atoms with E-state index >= 15 is 0 Å². The fraction of sp³-hybridized carbons (Fsp3) is 0.562. The molecule has 0 bridgehead atoms. The second kappa shape index (κ2) is 8.02. The largest absolute Gasteiger partial charge is 0.396 e. The fourth-order valence-corrected chi connectivity index (χ4v) is 2.13. The van der Waals surface area contributed by atoms with Gasteiger partial charge in [-0.2, -0.15) is 0 Å². The lowest BCUT2D eigenvalue weighted by molar-refractivity contribution is -0.123. The predicted molar refractivity (Wildman–Crippen MR) is 81.1 cm³/mol. The zero-order chi connectivity index (χ0) is 15.0. The molecule has 0 aliphatic rings. The van der Waals surface area contributed by atoms with E-state index in [1.54, 1.807) is 0 Å². The number of hydrogen-bond donors (Lipinski definition) is 3. The van der Waals surface area contributed by atoms with Crippen LogP contribution in [-0.4, -0.2) is 23.2 Å². The highest BCUT2D eigenvalue weighted by atomic mass is 16.3. The van der Waals surface area contributed by atoms with Gasteiger partial charge in [-0.3, -0.25) is 4.79 Å². The van der Waals surface area contributed by atoms with Gasteiger partial charge in [-0.1, -0.05) is 37.3 Å². The van der Waals surface area contributed by atoms with Gasteiger partial charge in [0.25, 0.3) is 0 Å². The lowest BCUT2D eigenvalue weighted by Crippen LogP contribution is -2.46. The molecule has 4 N–H and O–H groups in total. The van der Waals surface area contributed by atoms with Crippen LogP contribution in [0.15, 0.2) is 30.3 Å². The predicted octanol–water partition coefficient (Wildman–Crippen LogP) is 2.13. The van der Waals surface area contributed by atoms with Crippen molar-refractivity contribution in [1.82, 2.24) is 5.32 Å². The molecule has 1 aromatic carbocycles. The topological polar surface area (TPSA) is 75.3 Å². The van der Waals surface area contributed by atoms with Crippen LogP contribution >= 0.6 is 0 Å². The second-order valence-corrected chi connectivity index (χ2v) is 5.49. The van der Waals surface area contributed by atoms with Gasteiger partial charge in [0.15, 0.2) is 0 Å². The lowest BCUT2D eigenvalue weighted by atomic mass is 9.94. The Bertz CT molecular complexity index is 408. The number of hydrogen-bond acceptors (Lipinski definition) is 3. The molecule has 4 heteroatoms. The van der Waals surface area contributed by atoms with Crippen molar-refractivity contribution < 1.29 is 9.90 Å². The maximum Gasteiger partial charge on any atom is 0.220 e. The molecule has 0 heterocycles. The number of carbonyl (C=O) groups excluding carboxylic acids is 1. The maximum atomic E-state index is 12.0. The molecule has 2 atom stereocenters. The summed E-state index contributed by atoms with van der Waals surface area (Å²) in [5, 5.41) is 12.0. The van der Waals surface area contributed by atoms with Crippen molar-refractivity contribution in [2.75, 3.05) is 6.61 Å². The first kappa shape index (κ1) is 16.7. The van der Waals surface area contributed by atoms with Crippen LogP contribution in [0.5, 0.6) is 0 Å². The third-order valence-electron chi connectivity index (χ3n) is 3.80. The van der Waals surface area contributed by atoms with Crippen LogP contribution in [0.4, 0.5) is 0 Å². The molecule has 0 saturated carbocycles. The van der Waals surface area contributed by atoms with Crippen molar-refractivity contribution in [1.29, 1.82) is 0 Å². The smallest absolute Gasteiger partial charge is 0.220 e. The van der Waals surface area contributed by atoms with Gasteiger partial charge in [-0.15, -0.1) is 0 Å². The minimum absolute atomic E-state index is 0.00539. The van der Waals surface area contributed by atoms with Gasteiger partial charge in [0.2, 0.25) is 5.91 Å². The molecular formula is C16H26N2O2. The number of rotatable bonds is 8.